The molecular formula is C11H11NS2. The molecule has 0 bridgehead atoms. The lowest BCUT2D eigenvalue weighted by Crippen LogP contribution is -1.90. The van der Waals surface area contributed by atoms with E-state index in [1.165, 1.54) is 14.0 Å². The van der Waals surface area contributed by atoms with E-state index >= 15 is 0 Å². The van der Waals surface area contributed by atoms with Gasteiger partial charge in [-0.2, -0.15) is 0 Å². The van der Waals surface area contributed by atoms with Crippen molar-refractivity contribution in [2.75, 3.05) is 0 Å². The van der Waals surface area contributed by atoms with E-state index in [0.29, 0.717) is 6.54 Å². The Hall–Kier alpha value is -0.770. The molecule has 0 radical (unpaired) electrons. The molecule has 0 amide bonds. The fourth-order valence-electron chi connectivity index (χ4n) is 1.13. The van der Waals surface area contributed by atoms with Gasteiger partial charge in [0.1, 0.15) is 0 Å². The monoisotopic (exact) mass is 221 g/mol. The predicted octanol–water partition coefficient (Wildman–Crippen LogP) is 3.36. The van der Waals surface area contributed by atoms with Crippen LogP contribution < -0.4 is 5.73 Å². The molecule has 1 aromatic carbocycles. The molecule has 14 heavy (non-hydrogen) atoms. The first-order valence-electron chi connectivity index (χ1n) is 4.40. The lowest BCUT2D eigenvalue weighted by atomic mass is 10.4. The molecule has 0 atom stereocenters. The van der Waals surface area contributed by atoms with Crippen molar-refractivity contribution in [3.05, 3.63) is 47.3 Å². The summed E-state index contributed by atoms with van der Waals surface area (Å²) in [6, 6.07) is 14.6. The summed E-state index contributed by atoms with van der Waals surface area (Å²) in [5, 5.41) is 0. The molecular weight excluding hydrogens is 210 g/mol. The Labute approximate surface area is 92.0 Å². The van der Waals surface area contributed by atoms with Crippen LogP contribution in [0.15, 0.2) is 51.6 Å². The lowest BCUT2D eigenvalue weighted by molar-refractivity contribution is 1.11. The Balaban J connectivity index is 2.11. The van der Waals surface area contributed by atoms with E-state index in [2.05, 4.69) is 36.4 Å². The second-order valence-electron chi connectivity index (χ2n) is 2.84. The molecule has 3 heteroatoms. The number of benzene rings is 1. The van der Waals surface area contributed by atoms with Crippen LogP contribution in [0.3, 0.4) is 0 Å². The van der Waals surface area contributed by atoms with Crippen molar-refractivity contribution < 1.29 is 0 Å². The maximum Gasteiger partial charge on any atom is 0.0649 e. The highest BCUT2D eigenvalue weighted by Gasteiger charge is 2.00. The second kappa shape index (κ2) is 4.64. The van der Waals surface area contributed by atoms with E-state index in [0.717, 1.165) is 0 Å². The van der Waals surface area contributed by atoms with E-state index in [9.17, 15) is 0 Å². The van der Waals surface area contributed by atoms with Gasteiger partial charge in [-0.3, -0.25) is 0 Å². The van der Waals surface area contributed by atoms with Gasteiger partial charge in [-0.25, -0.2) is 0 Å². The van der Waals surface area contributed by atoms with Crippen LogP contribution in [-0.4, -0.2) is 0 Å². The van der Waals surface area contributed by atoms with E-state index in [-0.39, 0.29) is 0 Å². The maximum absolute atomic E-state index is 5.56. The lowest BCUT2D eigenvalue weighted by Gasteiger charge is -1.96. The Morgan fingerprint density at radius 2 is 1.86 bits per heavy atom. The molecule has 2 N–H and O–H groups in total. The third kappa shape index (κ3) is 2.38. The van der Waals surface area contributed by atoms with E-state index in [1.54, 1.807) is 23.1 Å². The van der Waals surface area contributed by atoms with Crippen molar-refractivity contribution >= 4 is 23.1 Å². The van der Waals surface area contributed by atoms with Crippen molar-refractivity contribution in [3.8, 4) is 0 Å². The van der Waals surface area contributed by atoms with Gasteiger partial charge in [0.25, 0.3) is 0 Å². The normalized spacial score (nSPS) is 10.4. The van der Waals surface area contributed by atoms with Crippen LogP contribution in [0.2, 0.25) is 0 Å². The first-order valence-corrected chi connectivity index (χ1v) is 6.03. The molecule has 1 nitrogen and oxygen atoms in total. The van der Waals surface area contributed by atoms with Crippen LogP contribution >= 0.6 is 23.1 Å². The zero-order chi connectivity index (χ0) is 9.80. The molecule has 0 spiro atoms. The fourth-order valence-corrected chi connectivity index (χ4v) is 3.18. The van der Waals surface area contributed by atoms with Crippen molar-refractivity contribution in [3.63, 3.8) is 0 Å². The quantitative estimate of drug-likeness (QED) is 0.860. The molecule has 0 aliphatic rings. The van der Waals surface area contributed by atoms with Crippen LogP contribution in [0.1, 0.15) is 4.88 Å². The Bertz CT molecular complexity index is 395. The molecule has 0 aliphatic carbocycles. The van der Waals surface area contributed by atoms with Gasteiger partial charge in [0.2, 0.25) is 0 Å². The van der Waals surface area contributed by atoms with E-state index in [4.69, 9.17) is 5.73 Å². The molecule has 0 fully saturated rings. The third-order valence-electron chi connectivity index (χ3n) is 1.80. The highest BCUT2D eigenvalue weighted by atomic mass is 32.2. The van der Waals surface area contributed by atoms with Crippen molar-refractivity contribution in [2.24, 2.45) is 5.73 Å². The Kier molecular flexibility index (Phi) is 3.24. The molecule has 0 saturated carbocycles. The SMILES string of the molecule is NCc1ccc(Sc2ccccc2)s1. The molecule has 0 saturated heterocycles. The predicted molar refractivity (Wildman–Crippen MR) is 62.8 cm³/mol. The van der Waals surface area contributed by atoms with Gasteiger partial charge >= 0.3 is 0 Å². The first-order chi connectivity index (χ1) is 6.88. The molecule has 0 aliphatic heterocycles. The summed E-state index contributed by atoms with van der Waals surface area (Å²) in [4.78, 5) is 2.52. The number of rotatable bonds is 3. The number of thiophene rings is 1. The molecule has 2 aromatic rings. The van der Waals surface area contributed by atoms with Gasteiger partial charge in [-0.05, 0) is 24.3 Å². The van der Waals surface area contributed by atoms with Crippen LogP contribution in [-0.2, 0) is 6.54 Å². The number of nitrogens with two attached hydrogens (primary N) is 1. The van der Waals surface area contributed by atoms with Crippen molar-refractivity contribution in [1.29, 1.82) is 0 Å². The van der Waals surface area contributed by atoms with E-state index in [1.807, 2.05) is 6.07 Å². The summed E-state index contributed by atoms with van der Waals surface area (Å²) >= 11 is 3.55. The van der Waals surface area contributed by atoms with Gasteiger partial charge in [0, 0.05) is 16.3 Å². The second-order valence-corrected chi connectivity index (χ2v) is 5.38. The highest BCUT2D eigenvalue weighted by Crippen LogP contribution is 2.32. The largest absolute Gasteiger partial charge is 0.326 e. The Morgan fingerprint density at radius 1 is 1.07 bits per heavy atom. The van der Waals surface area contributed by atoms with Gasteiger partial charge in [0.05, 0.1) is 4.21 Å². The zero-order valence-electron chi connectivity index (χ0n) is 7.64. The van der Waals surface area contributed by atoms with Gasteiger partial charge in [-0.15, -0.1) is 11.3 Å². The summed E-state index contributed by atoms with van der Waals surface area (Å²) in [6.45, 7) is 0.639. The molecule has 1 heterocycles. The summed E-state index contributed by atoms with van der Waals surface area (Å²) in [5.74, 6) is 0. The average Bonchev–Trinajstić information content (AvgIpc) is 2.67. The van der Waals surface area contributed by atoms with Crippen LogP contribution in [0.4, 0.5) is 0 Å². The minimum Gasteiger partial charge on any atom is -0.326 e. The van der Waals surface area contributed by atoms with Crippen LogP contribution in [0, 0.1) is 0 Å². The van der Waals surface area contributed by atoms with Crippen molar-refractivity contribution in [1.82, 2.24) is 0 Å². The molecule has 72 valence electrons. The molecule has 2 rings (SSSR count). The maximum atomic E-state index is 5.56. The number of hydrogen-bond donors (Lipinski definition) is 1. The third-order valence-corrected chi connectivity index (χ3v) is 4.05. The van der Waals surface area contributed by atoms with Gasteiger partial charge < -0.3 is 5.73 Å². The standard InChI is InChI=1S/C11H11NS2/c12-8-10-6-7-11(14-10)13-9-4-2-1-3-5-9/h1-7H,8,12H2. The fraction of sp³-hybridized carbons (Fsp3) is 0.0909. The minimum atomic E-state index is 0.639. The Morgan fingerprint density at radius 3 is 2.50 bits per heavy atom. The minimum absolute atomic E-state index is 0.639. The van der Waals surface area contributed by atoms with Crippen LogP contribution in [0.5, 0.6) is 0 Å². The van der Waals surface area contributed by atoms with E-state index < -0.39 is 0 Å². The zero-order valence-corrected chi connectivity index (χ0v) is 9.28. The summed E-state index contributed by atoms with van der Waals surface area (Å²) < 4.78 is 1.30. The summed E-state index contributed by atoms with van der Waals surface area (Å²) in [6.07, 6.45) is 0. The summed E-state index contributed by atoms with van der Waals surface area (Å²) in [5.41, 5.74) is 5.56. The average molecular weight is 221 g/mol. The molecule has 0 unspecified atom stereocenters. The highest BCUT2D eigenvalue weighted by molar-refractivity contribution is 8.01. The van der Waals surface area contributed by atoms with Gasteiger partial charge in [0.15, 0.2) is 0 Å². The molecule has 1 aromatic heterocycles. The summed E-state index contributed by atoms with van der Waals surface area (Å²) in [7, 11) is 0. The van der Waals surface area contributed by atoms with Gasteiger partial charge in [-0.1, -0.05) is 30.0 Å². The smallest absolute Gasteiger partial charge is 0.0649 e. The van der Waals surface area contributed by atoms with Crippen molar-refractivity contribution in [2.45, 2.75) is 15.6 Å². The van der Waals surface area contributed by atoms with Crippen LogP contribution in [0.25, 0.3) is 0 Å². The topological polar surface area (TPSA) is 26.0 Å². The first kappa shape index (κ1) is 9.77. The number of hydrogen-bond acceptors (Lipinski definition) is 3.